The SMILES string of the molecule is C/C(F)=C\C=C/C1=CCc2ccccc2SC1. The minimum Gasteiger partial charge on any atom is -0.212 e. The minimum atomic E-state index is -0.161. The van der Waals surface area contributed by atoms with Gasteiger partial charge >= 0.3 is 0 Å². The molecule has 0 fully saturated rings. The van der Waals surface area contributed by atoms with E-state index in [4.69, 9.17) is 0 Å². The van der Waals surface area contributed by atoms with E-state index in [9.17, 15) is 4.39 Å². The van der Waals surface area contributed by atoms with Crippen LogP contribution in [0.1, 0.15) is 12.5 Å². The number of allylic oxidation sites excluding steroid dienone is 5. The van der Waals surface area contributed by atoms with E-state index in [1.807, 2.05) is 17.8 Å². The first-order valence-electron chi connectivity index (χ1n) is 5.66. The Morgan fingerprint density at radius 1 is 1.35 bits per heavy atom. The Labute approximate surface area is 106 Å². The highest BCUT2D eigenvalue weighted by molar-refractivity contribution is 7.99. The topological polar surface area (TPSA) is 0 Å². The molecule has 1 aliphatic heterocycles. The van der Waals surface area contributed by atoms with Crippen molar-refractivity contribution in [2.45, 2.75) is 18.2 Å². The van der Waals surface area contributed by atoms with Crippen LogP contribution in [0.15, 0.2) is 64.9 Å². The number of halogens is 1. The van der Waals surface area contributed by atoms with Crippen molar-refractivity contribution in [3.05, 3.63) is 65.5 Å². The molecule has 0 bridgehead atoms. The second kappa shape index (κ2) is 5.87. The molecular formula is C15H15FS. The molecule has 0 N–H and O–H groups in total. The average molecular weight is 246 g/mol. The number of thioether (sulfide) groups is 1. The summed E-state index contributed by atoms with van der Waals surface area (Å²) in [7, 11) is 0. The largest absolute Gasteiger partial charge is 0.212 e. The van der Waals surface area contributed by atoms with Gasteiger partial charge in [-0.05, 0) is 36.6 Å². The number of hydrogen-bond donors (Lipinski definition) is 0. The Morgan fingerprint density at radius 2 is 2.18 bits per heavy atom. The van der Waals surface area contributed by atoms with Gasteiger partial charge in [-0.1, -0.05) is 36.4 Å². The average Bonchev–Trinajstić information content (AvgIpc) is 2.52. The molecule has 0 spiro atoms. The molecule has 0 aromatic heterocycles. The van der Waals surface area contributed by atoms with Gasteiger partial charge in [0.2, 0.25) is 0 Å². The number of fused-ring (bicyclic) bond motifs is 1. The Morgan fingerprint density at radius 3 is 3.00 bits per heavy atom. The molecule has 1 aliphatic rings. The van der Waals surface area contributed by atoms with Crippen molar-refractivity contribution in [1.82, 2.24) is 0 Å². The Hall–Kier alpha value is -1.28. The predicted octanol–water partition coefficient (Wildman–Crippen LogP) is 4.69. The van der Waals surface area contributed by atoms with Gasteiger partial charge in [0, 0.05) is 10.6 Å². The third kappa shape index (κ3) is 3.60. The van der Waals surface area contributed by atoms with Gasteiger partial charge in [-0.2, -0.15) is 0 Å². The van der Waals surface area contributed by atoms with Crippen molar-refractivity contribution in [3.8, 4) is 0 Å². The maximum atomic E-state index is 12.5. The lowest BCUT2D eigenvalue weighted by atomic mass is 10.1. The second-order valence-electron chi connectivity index (χ2n) is 3.99. The summed E-state index contributed by atoms with van der Waals surface area (Å²) in [4.78, 5) is 1.35. The van der Waals surface area contributed by atoms with Gasteiger partial charge in [0.15, 0.2) is 0 Å². The highest BCUT2D eigenvalue weighted by Gasteiger charge is 2.06. The van der Waals surface area contributed by atoms with Crippen molar-refractivity contribution in [2.75, 3.05) is 5.75 Å². The minimum absolute atomic E-state index is 0.161. The Balaban J connectivity index is 2.09. The van der Waals surface area contributed by atoms with Gasteiger partial charge in [0.25, 0.3) is 0 Å². The van der Waals surface area contributed by atoms with Gasteiger partial charge < -0.3 is 0 Å². The smallest absolute Gasteiger partial charge is 0.0968 e. The van der Waals surface area contributed by atoms with Crippen LogP contribution in [0.2, 0.25) is 0 Å². The zero-order valence-electron chi connectivity index (χ0n) is 9.82. The molecule has 0 saturated carbocycles. The second-order valence-corrected chi connectivity index (χ2v) is 5.01. The van der Waals surface area contributed by atoms with Gasteiger partial charge in [0.1, 0.15) is 0 Å². The monoisotopic (exact) mass is 246 g/mol. The molecule has 1 heterocycles. The number of rotatable bonds is 2. The van der Waals surface area contributed by atoms with E-state index in [2.05, 4.69) is 30.3 Å². The quantitative estimate of drug-likeness (QED) is 0.682. The van der Waals surface area contributed by atoms with Gasteiger partial charge in [0.05, 0.1) is 5.83 Å². The molecule has 2 heteroatoms. The molecule has 1 aromatic carbocycles. The lowest BCUT2D eigenvalue weighted by molar-refractivity contribution is 0.640. The van der Waals surface area contributed by atoms with Gasteiger partial charge in [-0.15, -0.1) is 11.8 Å². The van der Waals surface area contributed by atoms with Gasteiger partial charge in [-0.25, -0.2) is 4.39 Å². The maximum absolute atomic E-state index is 12.5. The van der Waals surface area contributed by atoms with Crippen LogP contribution in [0.25, 0.3) is 0 Å². The number of hydrogen-bond acceptors (Lipinski definition) is 1. The molecule has 0 aliphatic carbocycles. The van der Waals surface area contributed by atoms with Crippen LogP contribution in [0.5, 0.6) is 0 Å². The molecule has 0 radical (unpaired) electrons. The zero-order chi connectivity index (χ0) is 12.1. The predicted molar refractivity (Wildman–Crippen MR) is 73.0 cm³/mol. The van der Waals surface area contributed by atoms with Crippen molar-refractivity contribution in [3.63, 3.8) is 0 Å². The standard InChI is InChI=1S/C15H15FS/c1-12(16)5-4-6-13-9-10-14-7-2-3-8-15(14)17-11-13/h2-9H,10-11H2,1H3/b6-4-,12-5+. The fraction of sp³-hybridized carbons (Fsp3) is 0.200. The van der Waals surface area contributed by atoms with Crippen LogP contribution in [0.3, 0.4) is 0 Å². The summed E-state index contributed by atoms with van der Waals surface area (Å²) < 4.78 is 12.5. The van der Waals surface area contributed by atoms with Crippen LogP contribution in [0.4, 0.5) is 4.39 Å². The Kier molecular flexibility index (Phi) is 4.21. The fourth-order valence-electron chi connectivity index (χ4n) is 1.69. The van der Waals surface area contributed by atoms with Crippen LogP contribution < -0.4 is 0 Å². The number of benzene rings is 1. The summed E-state index contributed by atoms with van der Waals surface area (Å²) in [6.07, 6.45) is 8.43. The summed E-state index contributed by atoms with van der Waals surface area (Å²) in [5.41, 5.74) is 2.63. The van der Waals surface area contributed by atoms with Crippen molar-refractivity contribution < 1.29 is 4.39 Å². The van der Waals surface area contributed by atoms with Crippen LogP contribution in [0, 0.1) is 0 Å². The summed E-state index contributed by atoms with van der Waals surface area (Å²) in [6, 6.07) is 8.47. The Bertz CT molecular complexity index is 479. The van der Waals surface area contributed by atoms with E-state index in [0.29, 0.717) is 0 Å². The normalized spacial score (nSPS) is 16.6. The third-order valence-electron chi connectivity index (χ3n) is 2.59. The van der Waals surface area contributed by atoms with Crippen molar-refractivity contribution in [1.29, 1.82) is 0 Å². The van der Waals surface area contributed by atoms with E-state index < -0.39 is 0 Å². The fourth-order valence-corrected chi connectivity index (χ4v) is 2.74. The van der Waals surface area contributed by atoms with E-state index in [1.165, 1.54) is 29.0 Å². The molecule has 0 nitrogen and oxygen atoms in total. The van der Waals surface area contributed by atoms with Crippen LogP contribution >= 0.6 is 11.8 Å². The molecule has 0 amide bonds. The highest BCUT2D eigenvalue weighted by atomic mass is 32.2. The third-order valence-corrected chi connectivity index (χ3v) is 3.77. The molecule has 0 saturated heterocycles. The van der Waals surface area contributed by atoms with E-state index in [1.54, 1.807) is 6.08 Å². The molecule has 0 atom stereocenters. The summed E-state index contributed by atoms with van der Waals surface area (Å²) in [5, 5.41) is 0. The molecule has 2 rings (SSSR count). The summed E-state index contributed by atoms with van der Waals surface area (Å²) in [6.45, 7) is 1.45. The molecular weight excluding hydrogens is 231 g/mol. The van der Waals surface area contributed by atoms with E-state index >= 15 is 0 Å². The van der Waals surface area contributed by atoms with Crippen molar-refractivity contribution >= 4 is 11.8 Å². The summed E-state index contributed by atoms with van der Waals surface area (Å²) in [5.74, 6) is 0.790. The molecule has 88 valence electrons. The van der Waals surface area contributed by atoms with Gasteiger partial charge in [-0.3, -0.25) is 0 Å². The molecule has 0 unspecified atom stereocenters. The zero-order valence-corrected chi connectivity index (χ0v) is 10.6. The maximum Gasteiger partial charge on any atom is 0.0968 e. The molecule has 1 aromatic rings. The van der Waals surface area contributed by atoms with E-state index in [0.717, 1.165) is 12.2 Å². The first-order chi connectivity index (χ1) is 8.25. The lowest BCUT2D eigenvalue weighted by Gasteiger charge is -2.02. The lowest BCUT2D eigenvalue weighted by Crippen LogP contribution is -1.81. The molecule has 17 heavy (non-hydrogen) atoms. The van der Waals surface area contributed by atoms with Crippen LogP contribution in [-0.4, -0.2) is 5.75 Å². The first-order valence-corrected chi connectivity index (χ1v) is 6.64. The summed E-state index contributed by atoms with van der Waals surface area (Å²) >= 11 is 1.84. The van der Waals surface area contributed by atoms with Crippen molar-refractivity contribution in [2.24, 2.45) is 0 Å². The van der Waals surface area contributed by atoms with E-state index in [-0.39, 0.29) is 5.83 Å². The van der Waals surface area contributed by atoms with Crippen LogP contribution in [-0.2, 0) is 6.42 Å². The first kappa shape index (κ1) is 12.2. The highest BCUT2D eigenvalue weighted by Crippen LogP contribution is 2.28.